The molecule has 5 nitrogen and oxygen atoms in total. The molecule has 1 saturated heterocycles. The normalized spacial score (nSPS) is 14.9. The van der Waals surface area contributed by atoms with E-state index < -0.39 is 6.09 Å². The molecule has 0 aliphatic carbocycles. The molecule has 1 aliphatic rings. The molecule has 0 bridgehead atoms. The Bertz CT molecular complexity index is 350. The number of hydrogen-bond acceptors (Lipinski definition) is 3. The second-order valence-electron chi connectivity index (χ2n) is 3.05. The Kier molecular flexibility index (Phi) is 4.38. The number of hydrogen-bond donors (Lipinski definition) is 0. The van der Waals surface area contributed by atoms with E-state index >= 15 is 0 Å². The van der Waals surface area contributed by atoms with E-state index in [1.807, 2.05) is 0 Å². The number of nitrogens with zero attached hydrogens (tertiary/aromatic N) is 2. The molecule has 0 spiro atoms. The Hall–Kier alpha value is -0.780. The number of amides is 1. The van der Waals surface area contributed by atoms with Crippen molar-refractivity contribution in [2.24, 2.45) is 0 Å². The third kappa shape index (κ3) is 2.84. The van der Waals surface area contributed by atoms with Crippen molar-refractivity contribution in [3.8, 4) is 0 Å². The summed E-state index contributed by atoms with van der Waals surface area (Å²) in [6.45, 7) is 0.492. The number of carbonyl (C=O) groups is 2. The molecule has 2 rings (SSSR count). The summed E-state index contributed by atoms with van der Waals surface area (Å²) in [6, 6.07) is 3.43. The molecule has 1 aromatic rings. The van der Waals surface area contributed by atoms with Gasteiger partial charge in [0, 0.05) is 18.8 Å². The van der Waals surface area contributed by atoms with E-state index in [0.717, 1.165) is 11.5 Å². The average Bonchev–Trinajstić information content (AvgIpc) is 2.77. The van der Waals surface area contributed by atoms with Gasteiger partial charge in [-0.25, -0.2) is 4.79 Å². The van der Waals surface area contributed by atoms with Gasteiger partial charge in [0.25, 0.3) is 5.91 Å². The van der Waals surface area contributed by atoms with Gasteiger partial charge in [-0.15, -0.1) is 0 Å². The van der Waals surface area contributed by atoms with Gasteiger partial charge in [0.05, 0.1) is 6.54 Å². The first-order chi connectivity index (χ1) is 6.77. The van der Waals surface area contributed by atoms with Crippen molar-refractivity contribution in [3.05, 3.63) is 24.5 Å². The Balaban J connectivity index is 0.00000112. The zero-order valence-electron chi connectivity index (χ0n) is 7.55. The molecule has 2 heterocycles. The Morgan fingerprint density at radius 3 is 2.53 bits per heavy atom. The third-order valence-electron chi connectivity index (χ3n) is 2.03. The first-order valence-electron chi connectivity index (χ1n) is 4.43. The summed E-state index contributed by atoms with van der Waals surface area (Å²) in [4.78, 5) is 27.3. The second kappa shape index (κ2) is 5.34. The van der Waals surface area contributed by atoms with Crippen LogP contribution in [0.1, 0.15) is 12.8 Å². The Morgan fingerprint density at radius 2 is 2.00 bits per heavy atom. The van der Waals surface area contributed by atoms with Gasteiger partial charge >= 0.3 is 35.7 Å². The molecular formula is C9H11N2NaO3. The van der Waals surface area contributed by atoms with Crippen LogP contribution < -0.4 is 0 Å². The molecule has 1 fully saturated rings. The van der Waals surface area contributed by atoms with Gasteiger partial charge in [0.15, 0.2) is 0 Å². The van der Waals surface area contributed by atoms with Crippen molar-refractivity contribution in [1.82, 2.24) is 9.63 Å². The van der Waals surface area contributed by atoms with Crippen molar-refractivity contribution in [1.29, 1.82) is 0 Å². The number of carbonyl (C=O) groups excluding carboxylic acids is 2. The van der Waals surface area contributed by atoms with E-state index in [0.29, 0.717) is 13.0 Å². The van der Waals surface area contributed by atoms with E-state index in [2.05, 4.69) is 0 Å². The van der Waals surface area contributed by atoms with Crippen molar-refractivity contribution in [2.75, 3.05) is 6.54 Å². The minimum absolute atomic E-state index is 0. The fourth-order valence-corrected chi connectivity index (χ4v) is 1.32. The monoisotopic (exact) mass is 218 g/mol. The second-order valence-corrected chi connectivity index (χ2v) is 3.05. The molecular weight excluding hydrogens is 207 g/mol. The van der Waals surface area contributed by atoms with Crippen LogP contribution in [0.25, 0.3) is 0 Å². The number of aromatic nitrogens is 1. The van der Waals surface area contributed by atoms with Crippen LogP contribution in [0.4, 0.5) is 4.79 Å². The van der Waals surface area contributed by atoms with Gasteiger partial charge in [0.2, 0.25) is 0 Å². The maximum absolute atomic E-state index is 11.4. The van der Waals surface area contributed by atoms with Crippen LogP contribution in [-0.2, 0) is 9.63 Å². The van der Waals surface area contributed by atoms with Crippen LogP contribution in [0.15, 0.2) is 24.5 Å². The van der Waals surface area contributed by atoms with Crippen LogP contribution in [0.3, 0.4) is 0 Å². The van der Waals surface area contributed by atoms with Gasteiger partial charge in [-0.2, -0.15) is 5.06 Å². The van der Waals surface area contributed by atoms with E-state index in [-0.39, 0.29) is 35.5 Å². The molecule has 15 heavy (non-hydrogen) atoms. The number of hydroxylamine groups is 2. The average molecular weight is 218 g/mol. The predicted molar refractivity (Wildman–Crippen MR) is 54.4 cm³/mol. The van der Waals surface area contributed by atoms with Crippen molar-refractivity contribution >= 4 is 41.6 Å². The molecule has 1 aromatic heterocycles. The van der Waals surface area contributed by atoms with Crippen LogP contribution in [-0.4, -0.2) is 57.7 Å². The van der Waals surface area contributed by atoms with E-state index in [4.69, 9.17) is 4.84 Å². The Labute approximate surface area is 109 Å². The summed E-state index contributed by atoms with van der Waals surface area (Å²) in [5.41, 5.74) is 0. The molecule has 1 aliphatic heterocycles. The van der Waals surface area contributed by atoms with Crippen LogP contribution in [0.2, 0.25) is 0 Å². The van der Waals surface area contributed by atoms with E-state index in [1.54, 1.807) is 24.5 Å². The van der Waals surface area contributed by atoms with Crippen LogP contribution in [0.5, 0.6) is 0 Å². The molecule has 0 atom stereocenters. The minimum atomic E-state index is -0.551. The fraction of sp³-hybridized carbons (Fsp3) is 0.333. The molecule has 76 valence electrons. The maximum atomic E-state index is 11.4. The summed E-state index contributed by atoms with van der Waals surface area (Å²) in [5.74, 6) is -0.134. The summed E-state index contributed by atoms with van der Waals surface area (Å²) in [7, 11) is 0. The van der Waals surface area contributed by atoms with E-state index in [1.165, 1.54) is 4.57 Å². The van der Waals surface area contributed by atoms with Gasteiger partial charge in [-0.05, 0) is 18.6 Å². The zero-order chi connectivity index (χ0) is 9.97. The molecule has 0 aromatic carbocycles. The van der Waals surface area contributed by atoms with E-state index in [9.17, 15) is 9.59 Å². The molecule has 0 unspecified atom stereocenters. The van der Waals surface area contributed by atoms with Crippen molar-refractivity contribution in [2.45, 2.75) is 12.8 Å². The first-order valence-corrected chi connectivity index (χ1v) is 4.43. The standard InChI is InChI=1S/C9H10N2O3.Na.H/c12-8-4-3-7-11(8)14-9(13)10-5-1-2-6-10;;/h1-2,5-6H,3-4,7H2;;. The Morgan fingerprint density at radius 1 is 1.33 bits per heavy atom. The zero-order valence-corrected chi connectivity index (χ0v) is 7.55. The third-order valence-corrected chi connectivity index (χ3v) is 2.03. The molecule has 0 radical (unpaired) electrons. The summed E-state index contributed by atoms with van der Waals surface area (Å²) in [6.07, 6.45) is 3.80. The van der Waals surface area contributed by atoms with Gasteiger partial charge < -0.3 is 4.84 Å². The molecule has 0 N–H and O–H groups in total. The topological polar surface area (TPSA) is 51.5 Å². The first kappa shape index (κ1) is 12.3. The van der Waals surface area contributed by atoms with Gasteiger partial charge in [0.1, 0.15) is 0 Å². The van der Waals surface area contributed by atoms with Crippen molar-refractivity contribution < 1.29 is 14.4 Å². The summed E-state index contributed by atoms with van der Waals surface area (Å²) >= 11 is 0. The van der Waals surface area contributed by atoms with Crippen molar-refractivity contribution in [3.63, 3.8) is 0 Å². The predicted octanol–water partition coefficient (Wildman–Crippen LogP) is 0.362. The summed E-state index contributed by atoms with van der Waals surface area (Å²) in [5, 5.41) is 1.11. The number of rotatable bonds is 1. The molecule has 1 amide bonds. The SMILES string of the molecule is O=C1CCCN1OC(=O)n1cccc1.[NaH]. The van der Waals surface area contributed by atoms with Crippen LogP contribution in [0, 0.1) is 0 Å². The fourth-order valence-electron chi connectivity index (χ4n) is 1.32. The summed E-state index contributed by atoms with van der Waals surface area (Å²) < 4.78 is 1.28. The molecule has 0 saturated carbocycles. The van der Waals surface area contributed by atoms with Gasteiger partial charge in [-0.3, -0.25) is 9.36 Å². The van der Waals surface area contributed by atoms with Gasteiger partial charge in [-0.1, -0.05) is 0 Å². The molecule has 6 heteroatoms. The van der Waals surface area contributed by atoms with Crippen LogP contribution >= 0.6 is 0 Å². The quantitative estimate of drug-likeness (QED) is 0.639.